The van der Waals surface area contributed by atoms with Crippen molar-refractivity contribution in [1.82, 2.24) is 9.80 Å². The first-order chi connectivity index (χ1) is 16.4. The number of fused-ring (bicyclic) bond motifs is 1. The summed E-state index contributed by atoms with van der Waals surface area (Å²) >= 11 is 0. The number of Topliss-reactive ketones (excluding diaryl/α,β-unsaturated/α-hetero) is 1. The Labute approximate surface area is 197 Å². The number of methoxy groups -OCH3 is 1. The number of para-hydroxylation sites is 1. The van der Waals surface area contributed by atoms with Crippen molar-refractivity contribution < 1.29 is 28.2 Å². The topological polar surface area (TPSA) is 83.2 Å². The fourth-order valence-corrected chi connectivity index (χ4v) is 4.37. The van der Waals surface area contributed by atoms with Crippen LogP contribution in [-0.2, 0) is 4.79 Å². The highest BCUT2D eigenvalue weighted by Crippen LogP contribution is 2.40. The molecule has 1 N–H and O–H groups in total. The maximum atomic E-state index is 14.9. The molecule has 2 heterocycles. The quantitative estimate of drug-likeness (QED) is 0.468. The Morgan fingerprint density at radius 2 is 1.91 bits per heavy atom. The van der Waals surface area contributed by atoms with E-state index in [0.717, 1.165) is 13.1 Å². The number of ether oxygens (including phenoxy) is 1. The Balaban J connectivity index is 1.78. The molecule has 34 heavy (non-hydrogen) atoms. The number of hydrogen-bond acceptors (Lipinski definition) is 6. The number of halogens is 1. The number of furan rings is 1. The van der Waals surface area contributed by atoms with E-state index >= 15 is 0 Å². The second-order valence-electron chi connectivity index (χ2n) is 8.03. The molecule has 4 rings (SSSR count). The lowest BCUT2D eigenvalue weighted by Gasteiger charge is -2.29. The van der Waals surface area contributed by atoms with Gasteiger partial charge in [0.15, 0.2) is 22.9 Å². The van der Waals surface area contributed by atoms with Crippen LogP contribution in [0.2, 0.25) is 0 Å². The van der Waals surface area contributed by atoms with E-state index < -0.39 is 29.3 Å². The van der Waals surface area contributed by atoms with Crippen LogP contribution in [0.1, 0.15) is 36.0 Å². The highest BCUT2D eigenvalue weighted by Gasteiger charge is 2.45. The summed E-state index contributed by atoms with van der Waals surface area (Å²) in [4.78, 5) is 30.1. The van der Waals surface area contributed by atoms with Gasteiger partial charge in [-0.2, -0.15) is 0 Å². The first kappa shape index (κ1) is 23.5. The third kappa shape index (κ3) is 4.05. The fourth-order valence-electron chi connectivity index (χ4n) is 4.37. The molecule has 1 aromatic heterocycles. The van der Waals surface area contributed by atoms with Crippen LogP contribution in [0.4, 0.5) is 4.39 Å². The molecule has 8 heteroatoms. The van der Waals surface area contributed by atoms with Gasteiger partial charge in [-0.3, -0.25) is 9.59 Å². The maximum absolute atomic E-state index is 14.9. The fraction of sp³-hybridized carbons (Fsp3) is 0.308. The van der Waals surface area contributed by atoms with Crippen LogP contribution in [-0.4, -0.2) is 59.9 Å². The summed E-state index contributed by atoms with van der Waals surface area (Å²) in [6.07, 6.45) is 0. The lowest BCUT2D eigenvalue weighted by Crippen LogP contribution is -2.39. The minimum atomic E-state index is -1.08. The van der Waals surface area contributed by atoms with Gasteiger partial charge in [0.25, 0.3) is 5.91 Å². The first-order valence-corrected chi connectivity index (χ1v) is 11.2. The number of carbonyl (C=O) groups excluding carboxylic acids is 2. The highest BCUT2D eigenvalue weighted by molar-refractivity contribution is 6.16. The monoisotopic (exact) mass is 466 g/mol. The van der Waals surface area contributed by atoms with Crippen molar-refractivity contribution in [3.05, 3.63) is 77.0 Å². The highest BCUT2D eigenvalue weighted by atomic mass is 19.1. The normalized spacial score (nSPS) is 16.2. The van der Waals surface area contributed by atoms with Crippen LogP contribution < -0.4 is 4.74 Å². The molecule has 0 fully saturated rings. The minimum Gasteiger partial charge on any atom is -0.503 e. The zero-order valence-electron chi connectivity index (χ0n) is 19.4. The number of aliphatic hydroxyl groups is 1. The first-order valence-electron chi connectivity index (χ1n) is 11.2. The number of carbonyl (C=O) groups is 2. The van der Waals surface area contributed by atoms with Gasteiger partial charge >= 0.3 is 0 Å². The Morgan fingerprint density at radius 1 is 1.18 bits per heavy atom. The van der Waals surface area contributed by atoms with Crippen LogP contribution in [0.5, 0.6) is 5.75 Å². The number of rotatable bonds is 9. The number of hydrogen-bond donors (Lipinski definition) is 1. The summed E-state index contributed by atoms with van der Waals surface area (Å²) in [5, 5.41) is 11.4. The van der Waals surface area contributed by atoms with Gasteiger partial charge in [0, 0.05) is 24.0 Å². The molecule has 1 amide bonds. The summed E-state index contributed by atoms with van der Waals surface area (Å²) in [5.74, 6) is -2.27. The van der Waals surface area contributed by atoms with Gasteiger partial charge in [0.05, 0.1) is 18.7 Å². The standard InChI is InChI=1S/C26H27FN2O5/c1-4-28(5-2)13-14-29-22(17-10-6-7-11-18(17)27)21(24(31)26(29)32)23(30)20-15-16-9-8-12-19(33-3)25(16)34-20/h6-12,15,22,31H,4-5,13-14H2,1-3H3/t22-/m0/s1. The van der Waals surface area contributed by atoms with E-state index in [1.807, 2.05) is 13.8 Å². The number of nitrogens with zero attached hydrogens (tertiary/aromatic N) is 2. The van der Waals surface area contributed by atoms with E-state index in [2.05, 4.69) is 4.90 Å². The van der Waals surface area contributed by atoms with Gasteiger partial charge in [0.1, 0.15) is 5.82 Å². The molecule has 0 spiro atoms. The van der Waals surface area contributed by atoms with Crippen molar-refractivity contribution in [3.8, 4) is 5.75 Å². The molecule has 0 aliphatic carbocycles. The number of likely N-dealkylation sites (N-methyl/N-ethyl adjacent to an activating group) is 1. The molecule has 178 valence electrons. The molecule has 7 nitrogen and oxygen atoms in total. The smallest absolute Gasteiger partial charge is 0.290 e. The number of amides is 1. The summed E-state index contributed by atoms with van der Waals surface area (Å²) in [6, 6.07) is 11.6. The Hall–Kier alpha value is -3.65. The van der Waals surface area contributed by atoms with Crippen molar-refractivity contribution in [2.24, 2.45) is 0 Å². The number of aliphatic hydroxyl groups excluding tert-OH is 1. The largest absolute Gasteiger partial charge is 0.503 e. The second-order valence-corrected chi connectivity index (χ2v) is 8.03. The van der Waals surface area contributed by atoms with Gasteiger partial charge in [-0.1, -0.05) is 44.2 Å². The average Bonchev–Trinajstić information content (AvgIpc) is 3.39. The number of ketones is 1. The van der Waals surface area contributed by atoms with E-state index in [-0.39, 0.29) is 23.4 Å². The Kier molecular flexibility index (Phi) is 6.70. The lowest BCUT2D eigenvalue weighted by atomic mass is 9.94. The lowest BCUT2D eigenvalue weighted by molar-refractivity contribution is -0.129. The van der Waals surface area contributed by atoms with Crippen LogP contribution in [0.15, 0.2) is 64.3 Å². The molecule has 1 aliphatic rings. The summed E-state index contributed by atoms with van der Waals surface area (Å²) in [6.45, 7) is 6.28. The molecule has 0 bridgehead atoms. The molecule has 0 saturated heterocycles. The van der Waals surface area contributed by atoms with E-state index in [9.17, 15) is 19.1 Å². The predicted octanol–water partition coefficient (Wildman–Crippen LogP) is 4.50. The van der Waals surface area contributed by atoms with E-state index in [4.69, 9.17) is 9.15 Å². The van der Waals surface area contributed by atoms with Gasteiger partial charge in [0.2, 0.25) is 5.78 Å². The van der Waals surface area contributed by atoms with Crippen molar-refractivity contribution >= 4 is 22.7 Å². The predicted molar refractivity (Wildman–Crippen MR) is 125 cm³/mol. The maximum Gasteiger partial charge on any atom is 0.290 e. The molecule has 0 radical (unpaired) electrons. The third-order valence-corrected chi connectivity index (χ3v) is 6.25. The Bertz CT molecular complexity index is 1260. The summed E-state index contributed by atoms with van der Waals surface area (Å²) in [5.41, 5.74) is 0.308. The molecule has 0 unspecified atom stereocenters. The SMILES string of the molecule is CCN(CC)CCN1C(=O)C(O)=C(C(=O)c2cc3cccc(OC)c3o2)[C@@H]1c1ccccc1F. The van der Waals surface area contributed by atoms with Gasteiger partial charge in [-0.15, -0.1) is 0 Å². The summed E-state index contributed by atoms with van der Waals surface area (Å²) in [7, 11) is 1.49. The minimum absolute atomic E-state index is 0.0687. The Morgan fingerprint density at radius 3 is 2.59 bits per heavy atom. The van der Waals surface area contributed by atoms with Crippen LogP contribution in [0.25, 0.3) is 11.0 Å². The van der Waals surface area contributed by atoms with Crippen LogP contribution >= 0.6 is 0 Å². The van der Waals surface area contributed by atoms with E-state index in [1.165, 1.54) is 36.3 Å². The van der Waals surface area contributed by atoms with Crippen molar-refractivity contribution in [1.29, 1.82) is 0 Å². The van der Waals surface area contributed by atoms with Crippen LogP contribution in [0, 0.1) is 5.82 Å². The zero-order valence-corrected chi connectivity index (χ0v) is 19.4. The van der Waals surface area contributed by atoms with E-state index in [1.54, 1.807) is 24.3 Å². The van der Waals surface area contributed by atoms with Crippen molar-refractivity contribution in [3.63, 3.8) is 0 Å². The van der Waals surface area contributed by atoms with Crippen molar-refractivity contribution in [2.45, 2.75) is 19.9 Å². The molecule has 1 atom stereocenters. The molecule has 0 saturated carbocycles. The molecular weight excluding hydrogens is 439 g/mol. The number of benzene rings is 2. The second kappa shape index (κ2) is 9.69. The average molecular weight is 467 g/mol. The summed E-state index contributed by atoms with van der Waals surface area (Å²) < 4.78 is 26.0. The van der Waals surface area contributed by atoms with E-state index in [0.29, 0.717) is 23.3 Å². The van der Waals surface area contributed by atoms with Crippen LogP contribution in [0.3, 0.4) is 0 Å². The van der Waals surface area contributed by atoms with Gasteiger partial charge in [-0.25, -0.2) is 4.39 Å². The molecular formula is C26H27FN2O5. The van der Waals surface area contributed by atoms with Gasteiger partial charge in [-0.05, 0) is 31.3 Å². The molecule has 3 aromatic rings. The third-order valence-electron chi connectivity index (χ3n) is 6.25. The molecule has 1 aliphatic heterocycles. The van der Waals surface area contributed by atoms with Gasteiger partial charge < -0.3 is 24.1 Å². The van der Waals surface area contributed by atoms with Crippen molar-refractivity contribution in [2.75, 3.05) is 33.3 Å². The molecule has 2 aromatic carbocycles. The zero-order chi connectivity index (χ0) is 24.4.